The number of piperazine rings is 1. The van der Waals surface area contributed by atoms with Crippen molar-refractivity contribution in [3.63, 3.8) is 0 Å². The van der Waals surface area contributed by atoms with E-state index >= 15 is 0 Å². The quantitative estimate of drug-likeness (QED) is 0.798. The van der Waals surface area contributed by atoms with Gasteiger partial charge in [-0.1, -0.05) is 6.07 Å². The summed E-state index contributed by atoms with van der Waals surface area (Å²) in [4.78, 5) is 28.9. The van der Waals surface area contributed by atoms with Crippen LogP contribution in [0.3, 0.4) is 0 Å². The molecule has 5 rings (SSSR count). The Hall–Kier alpha value is -2.67. The lowest BCUT2D eigenvalue weighted by Crippen LogP contribution is -2.49. The Bertz CT molecular complexity index is 917. The van der Waals surface area contributed by atoms with Crippen molar-refractivity contribution in [3.05, 3.63) is 46.6 Å². The number of hydrogen-bond acceptors (Lipinski definition) is 6. The maximum Gasteiger partial charge on any atom is 0.253 e. The number of aryl methyl sites for hydroxylation is 1. The van der Waals surface area contributed by atoms with E-state index in [-0.39, 0.29) is 5.91 Å². The highest BCUT2D eigenvalue weighted by Gasteiger charge is 2.25. The summed E-state index contributed by atoms with van der Waals surface area (Å²) in [5, 5.41) is 0. The van der Waals surface area contributed by atoms with Crippen LogP contribution in [0.5, 0.6) is 0 Å². The Morgan fingerprint density at radius 3 is 2.45 bits per heavy atom. The first kappa shape index (κ1) is 18.4. The van der Waals surface area contributed by atoms with Crippen LogP contribution < -0.4 is 9.80 Å². The molecule has 3 aliphatic heterocycles. The van der Waals surface area contributed by atoms with Gasteiger partial charge < -0.3 is 19.4 Å². The first-order valence-corrected chi connectivity index (χ1v) is 10.5. The molecule has 0 bridgehead atoms. The average molecular weight is 393 g/mol. The number of anilines is 2. The lowest BCUT2D eigenvalue weighted by molar-refractivity contribution is 0.0746. The van der Waals surface area contributed by atoms with Crippen molar-refractivity contribution in [2.45, 2.75) is 33.0 Å². The molecule has 1 aromatic heterocycles. The van der Waals surface area contributed by atoms with Crippen LogP contribution in [-0.2, 0) is 18.0 Å². The van der Waals surface area contributed by atoms with Gasteiger partial charge in [-0.15, -0.1) is 0 Å². The molecule has 0 radical (unpaired) electrons. The van der Waals surface area contributed by atoms with Gasteiger partial charge in [0.15, 0.2) is 0 Å². The first-order chi connectivity index (χ1) is 14.2. The van der Waals surface area contributed by atoms with Crippen molar-refractivity contribution < 1.29 is 9.53 Å². The van der Waals surface area contributed by atoms with E-state index in [0.717, 1.165) is 54.8 Å². The maximum atomic E-state index is 13.0. The molecular weight excluding hydrogens is 366 g/mol. The van der Waals surface area contributed by atoms with Crippen LogP contribution in [0, 0.1) is 6.92 Å². The molecule has 0 atom stereocenters. The summed E-state index contributed by atoms with van der Waals surface area (Å²) in [6.07, 6.45) is 2.46. The SMILES string of the molecule is Cc1cc(N2CCCC2)nc(N2CCN(C(=O)c3ccc4c(c3)COC4)CC2)n1. The van der Waals surface area contributed by atoms with Crippen LogP contribution in [0.1, 0.15) is 40.0 Å². The van der Waals surface area contributed by atoms with Gasteiger partial charge in [0.05, 0.1) is 13.2 Å². The predicted octanol–water partition coefficient (Wildman–Crippen LogP) is 2.38. The molecule has 0 spiro atoms. The van der Waals surface area contributed by atoms with E-state index in [1.807, 2.05) is 30.0 Å². The number of aromatic nitrogens is 2. The van der Waals surface area contributed by atoms with Crippen molar-refractivity contribution in [1.29, 1.82) is 0 Å². The van der Waals surface area contributed by atoms with Gasteiger partial charge in [0.25, 0.3) is 5.91 Å². The van der Waals surface area contributed by atoms with Crippen molar-refractivity contribution in [2.75, 3.05) is 49.1 Å². The molecule has 1 amide bonds. The lowest BCUT2D eigenvalue weighted by Gasteiger charge is -2.35. The fourth-order valence-corrected chi connectivity index (χ4v) is 4.38. The van der Waals surface area contributed by atoms with E-state index in [4.69, 9.17) is 9.72 Å². The van der Waals surface area contributed by atoms with Gasteiger partial charge in [-0.2, -0.15) is 4.98 Å². The van der Waals surface area contributed by atoms with E-state index in [0.29, 0.717) is 26.3 Å². The number of fused-ring (bicyclic) bond motifs is 1. The highest BCUT2D eigenvalue weighted by atomic mass is 16.5. The normalized spacial score (nSPS) is 19.0. The topological polar surface area (TPSA) is 61.8 Å². The number of hydrogen-bond donors (Lipinski definition) is 0. The smallest absolute Gasteiger partial charge is 0.253 e. The summed E-state index contributed by atoms with van der Waals surface area (Å²) >= 11 is 0. The minimum absolute atomic E-state index is 0.0993. The molecule has 0 N–H and O–H groups in total. The second kappa shape index (κ2) is 7.63. The van der Waals surface area contributed by atoms with Crippen LogP contribution in [0.15, 0.2) is 24.3 Å². The van der Waals surface area contributed by atoms with Gasteiger partial charge in [0.1, 0.15) is 5.82 Å². The van der Waals surface area contributed by atoms with E-state index in [1.165, 1.54) is 18.4 Å². The number of carbonyl (C=O) groups is 1. The zero-order valence-electron chi connectivity index (χ0n) is 16.9. The third kappa shape index (κ3) is 3.67. The highest BCUT2D eigenvalue weighted by Crippen LogP contribution is 2.24. The summed E-state index contributed by atoms with van der Waals surface area (Å²) in [5.41, 5.74) is 4.08. The molecule has 2 fully saturated rings. The number of nitrogens with zero attached hydrogens (tertiary/aromatic N) is 5. The molecule has 7 heteroatoms. The number of amides is 1. The molecule has 2 saturated heterocycles. The van der Waals surface area contributed by atoms with Crippen molar-refractivity contribution in [2.24, 2.45) is 0 Å². The van der Waals surface area contributed by atoms with Crippen LogP contribution in [0.25, 0.3) is 0 Å². The summed E-state index contributed by atoms with van der Waals surface area (Å²) in [6.45, 7) is 8.31. The van der Waals surface area contributed by atoms with Crippen LogP contribution >= 0.6 is 0 Å². The minimum Gasteiger partial charge on any atom is -0.372 e. The van der Waals surface area contributed by atoms with Gasteiger partial charge in [0, 0.05) is 56.6 Å². The zero-order chi connectivity index (χ0) is 19.8. The lowest BCUT2D eigenvalue weighted by atomic mass is 10.1. The molecule has 4 heterocycles. The van der Waals surface area contributed by atoms with Crippen LogP contribution in [-0.4, -0.2) is 60.0 Å². The maximum absolute atomic E-state index is 13.0. The van der Waals surface area contributed by atoms with Gasteiger partial charge in [-0.25, -0.2) is 4.98 Å². The standard InChI is InChI=1S/C22H27N5O2/c1-16-12-20(25-6-2-3-7-25)24-22(23-16)27-10-8-26(9-11-27)21(28)17-4-5-18-14-29-15-19(18)13-17/h4-5,12-13H,2-3,6-11,14-15H2,1H3. The average Bonchev–Trinajstić information content (AvgIpc) is 3.44. The molecule has 152 valence electrons. The second-order valence-electron chi connectivity index (χ2n) is 8.12. The zero-order valence-corrected chi connectivity index (χ0v) is 16.9. The molecule has 1 aromatic carbocycles. The fraction of sp³-hybridized carbons (Fsp3) is 0.500. The monoisotopic (exact) mass is 393 g/mol. The van der Waals surface area contributed by atoms with E-state index in [9.17, 15) is 4.79 Å². The highest BCUT2D eigenvalue weighted by molar-refractivity contribution is 5.94. The largest absolute Gasteiger partial charge is 0.372 e. The minimum atomic E-state index is 0.0993. The van der Waals surface area contributed by atoms with E-state index < -0.39 is 0 Å². The summed E-state index contributed by atoms with van der Waals surface area (Å²) in [7, 11) is 0. The van der Waals surface area contributed by atoms with Gasteiger partial charge in [0.2, 0.25) is 5.95 Å². The number of rotatable bonds is 3. The summed E-state index contributed by atoms with van der Waals surface area (Å²) < 4.78 is 5.47. The van der Waals surface area contributed by atoms with E-state index in [2.05, 4.69) is 20.9 Å². The van der Waals surface area contributed by atoms with Gasteiger partial charge >= 0.3 is 0 Å². The Labute approximate surface area is 171 Å². The molecule has 29 heavy (non-hydrogen) atoms. The molecule has 0 saturated carbocycles. The summed E-state index contributed by atoms with van der Waals surface area (Å²) in [6, 6.07) is 8.01. The second-order valence-corrected chi connectivity index (χ2v) is 8.12. The van der Waals surface area contributed by atoms with Crippen molar-refractivity contribution >= 4 is 17.7 Å². The van der Waals surface area contributed by atoms with Crippen LogP contribution in [0.2, 0.25) is 0 Å². The Kier molecular flexibility index (Phi) is 4.83. The summed E-state index contributed by atoms with van der Waals surface area (Å²) in [5.74, 6) is 1.92. The molecule has 2 aromatic rings. The number of ether oxygens (including phenoxy) is 1. The number of carbonyl (C=O) groups excluding carboxylic acids is 1. The molecule has 7 nitrogen and oxygen atoms in total. The Balaban J connectivity index is 1.26. The fourth-order valence-electron chi connectivity index (χ4n) is 4.38. The molecular formula is C22H27N5O2. The Morgan fingerprint density at radius 1 is 0.897 bits per heavy atom. The Morgan fingerprint density at radius 2 is 1.66 bits per heavy atom. The third-order valence-corrected chi connectivity index (χ3v) is 6.08. The van der Waals surface area contributed by atoms with Gasteiger partial charge in [-0.05, 0) is 43.0 Å². The van der Waals surface area contributed by atoms with E-state index in [1.54, 1.807) is 0 Å². The molecule has 0 aliphatic carbocycles. The van der Waals surface area contributed by atoms with Crippen molar-refractivity contribution in [3.8, 4) is 0 Å². The molecule has 0 unspecified atom stereocenters. The molecule has 3 aliphatic rings. The van der Waals surface area contributed by atoms with Crippen molar-refractivity contribution in [1.82, 2.24) is 14.9 Å². The van der Waals surface area contributed by atoms with Crippen LogP contribution in [0.4, 0.5) is 11.8 Å². The number of benzene rings is 1. The van der Waals surface area contributed by atoms with Gasteiger partial charge in [-0.3, -0.25) is 4.79 Å². The third-order valence-electron chi connectivity index (χ3n) is 6.08. The predicted molar refractivity (Wildman–Crippen MR) is 111 cm³/mol. The first-order valence-electron chi connectivity index (χ1n) is 10.5.